The maximum atomic E-state index is 12.3. The Morgan fingerprint density at radius 1 is 1.54 bits per heavy atom. The number of carbonyl (C=O) groups excluding carboxylic acids is 2. The van der Waals surface area contributed by atoms with Crippen LogP contribution in [-0.2, 0) is 14.3 Å². The van der Waals surface area contributed by atoms with E-state index in [0.29, 0.717) is 0 Å². The highest BCUT2D eigenvalue weighted by molar-refractivity contribution is 5.90. The molecule has 1 heterocycles. The van der Waals surface area contributed by atoms with Crippen LogP contribution in [0.5, 0.6) is 0 Å². The predicted molar refractivity (Wildman–Crippen MR) is 33.3 cm³/mol. The largest absolute Gasteiger partial charge is 0.439 e. The van der Waals surface area contributed by atoms with Crippen molar-refractivity contribution in [3.63, 3.8) is 0 Å². The van der Waals surface area contributed by atoms with E-state index in [4.69, 9.17) is 0 Å². The number of nitrogens with two attached hydrogens (primary N) is 1. The lowest BCUT2D eigenvalue weighted by atomic mass is 9.99. The topological polar surface area (TPSA) is 69.4 Å². The summed E-state index contributed by atoms with van der Waals surface area (Å²) in [5, 5.41) is 0. The smallest absolute Gasteiger partial charge is 0.437 e. The zero-order valence-electron chi connectivity index (χ0n) is 6.35. The highest BCUT2D eigenvalue weighted by Crippen LogP contribution is 2.41. The van der Waals surface area contributed by atoms with Crippen LogP contribution < -0.4 is 5.73 Å². The standard InChI is InChI=1S/C6H6F3NO3/c7-6(8,9)5(4(10)12)2-1-3(11)13-5/h1-2H2,(H2,10,12). The van der Waals surface area contributed by atoms with Gasteiger partial charge in [-0.1, -0.05) is 0 Å². The van der Waals surface area contributed by atoms with E-state index in [2.05, 4.69) is 10.5 Å². The average molecular weight is 197 g/mol. The molecule has 0 radical (unpaired) electrons. The molecule has 0 aromatic carbocycles. The normalized spacial score (nSPS) is 28.7. The lowest BCUT2D eigenvalue weighted by Gasteiger charge is -2.26. The molecule has 0 aromatic rings. The van der Waals surface area contributed by atoms with Gasteiger partial charge in [0.05, 0.1) is 6.42 Å². The van der Waals surface area contributed by atoms with Gasteiger partial charge in [0.25, 0.3) is 11.5 Å². The molecule has 4 nitrogen and oxygen atoms in total. The summed E-state index contributed by atoms with van der Waals surface area (Å²) in [6, 6.07) is 0. The second kappa shape index (κ2) is 2.61. The summed E-state index contributed by atoms with van der Waals surface area (Å²) in [7, 11) is 0. The second-order valence-corrected chi connectivity index (χ2v) is 2.66. The predicted octanol–water partition coefficient (Wildman–Crippen LogP) is 0.110. The van der Waals surface area contributed by atoms with Crippen molar-refractivity contribution in [2.45, 2.75) is 24.6 Å². The third-order valence-corrected chi connectivity index (χ3v) is 1.83. The Balaban J connectivity index is 3.04. The third-order valence-electron chi connectivity index (χ3n) is 1.83. The van der Waals surface area contributed by atoms with E-state index in [9.17, 15) is 22.8 Å². The Morgan fingerprint density at radius 3 is 2.23 bits per heavy atom. The maximum absolute atomic E-state index is 12.3. The molecule has 1 atom stereocenters. The number of hydrogen-bond acceptors (Lipinski definition) is 3. The van der Waals surface area contributed by atoms with E-state index in [1.54, 1.807) is 0 Å². The number of carbonyl (C=O) groups is 2. The molecule has 1 fully saturated rings. The van der Waals surface area contributed by atoms with Gasteiger partial charge < -0.3 is 10.5 Å². The fourth-order valence-corrected chi connectivity index (χ4v) is 1.09. The summed E-state index contributed by atoms with van der Waals surface area (Å²) in [5.41, 5.74) is 1.44. The minimum Gasteiger partial charge on any atom is -0.439 e. The molecule has 1 aliphatic rings. The summed E-state index contributed by atoms with van der Waals surface area (Å²) in [5.74, 6) is -2.73. The molecule has 2 N–H and O–H groups in total. The Bertz CT molecular complexity index is 262. The molecule has 13 heavy (non-hydrogen) atoms. The van der Waals surface area contributed by atoms with Gasteiger partial charge in [-0.25, -0.2) is 0 Å². The monoisotopic (exact) mass is 197 g/mol. The molecule has 7 heteroatoms. The molecule has 1 saturated heterocycles. The van der Waals surface area contributed by atoms with E-state index in [-0.39, 0.29) is 0 Å². The fourth-order valence-electron chi connectivity index (χ4n) is 1.09. The van der Waals surface area contributed by atoms with Crippen molar-refractivity contribution in [3.05, 3.63) is 0 Å². The summed E-state index contributed by atoms with van der Waals surface area (Å²) in [6.45, 7) is 0. The van der Waals surface area contributed by atoms with E-state index >= 15 is 0 Å². The zero-order chi connectivity index (χ0) is 10.3. The Morgan fingerprint density at radius 2 is 2.08 bits per heavy atom. The molecular weight excluding hydrogens is 191 g/mol. The van der Waals surface area contributed by atoms with Gasteiger partial charge in [0.1, 0.15) is 0 Å². The van der Waals surface area contributed by atoms with Crippen molar-refractivity contribution in [2.24, 2.45) is 5.73 Å². The van der Waals surface area contributed by atoms with Crippen LogP contribution in [0.3, 0.4) is 0 Å². The lowest BCUT2D eigenvalue weighted by Crippen LogP contribution is -2.55. The molecule has 0 saturated carbocycles. The minimum absolute atomic E-state index is 0.442. The number of halogens is 3. The minimum atomic E-state index is -4.94. The lowest BCUT2D eigenvalue weighted by molar-refractivity contribution is -0.249. The fraction of sp³-hybridized carbons (Fsp3) is 0.667. The molecule has 0 aliphatic carbocycles. The summed E-state index contributed by atoms with van der Waals surface area (Å²) in [4.78, 5) is 21.0. The number of primary amides is 1. The first-order valence-corrected chi connectivity index (χ1v) is 3.38. The average Bonchev–Trinajstić information content (AvgIpc) is 2.30. The second-order valence-electron chi connectivity index (χ2n) is 2.66. The number of alkyl halides is 3. The first-order valence-electron chi connectivity index (χ1n) is 3.38. The first-order chi connectivity index (χ1) is 5.79. The number of rotatable bonds is 1. The van der Waals surface area contributed by atoms with Crippen LogP contribution in [0.1, 0.15) is 12.8 Å². The number of hydrogen-bond donors (Lipinski definition) is 1. The van der Waals surface area contributed by atoms with E-state index in [1.165, 1.54) is 0 Å². The quantitative estimate of drug-likeness (QED) is 0.606. The molecule has 0 bridgehead atoms. The Hall–Kier alpha value is -1.27. The summed E-state index contributed by atoms with van der Waals surface area (Å²) < 4.78 is 40.7. The van der Waals surface area contributed by atoms with Gasteiger partial charge in [-0.05, 0) is 0 Å². The van der Waals surface area contributed by atoms with Crippen LogP contribution in [-0.4, -0.2) is 23.7 Å². The highest BCUT2D eigenvalue weighted by atomic mass is 19.4. The number of cyclic esters (lactones) is 1. The molecule has 1 aliphatic heterocycles. The van der Waals surface area contributed by atoms with Crippen LogP contribution >= 0.6 is 0 Å². The van der Waals surface area contributed by atoms with Gasteiger partial charge >= 0.3 is 12.1 Å². The van der Waals surface area contributed by atoms with Crippen LogP contribution in [0.15, 0.2) is 0 Å². The van der Waals surface area contributed by atoms with Crippen molar-refractivity contribution in [1.29, 1.82) is 0 Å². The highest BCUT2D eigenvalue weighted by Gasteiger charge is 2.65. The zero-order valence-corrected chi connectivity index (χ0v) is 6.35. The number of esters is 1. The molecule has 74 valence electrons. The van der Waals surface area contributed by atoms with Gasteiger partial charge in [0.15, 0.2) is 0 Å². The molecular formula is C6H6F3NO3. The molecule has 1 rings (SSSR count). The van der Waals surface area contributed by atoms with Crippen molar-refractivity contribution >= 4 is 11.9 Å². The number of amides is 1. The van der Waals surface area contributed by atoms with Gasteiger partial charge in [0, 0.05) is 6.42 Å². The van der Waals surface area contributed by atoms with Crippen LogP contribution in [0.4, 0.5) is 13.2 Å². The van der Waals surface area contributed by atoms with Crippen LogP contribution in [0.25, 0.3) is 0 Å². The van der Waals surface area contributed by atoms with E-state index < -0.39 is 36.5 Å². The van der Waals surface area contributed by atoms with Gasteiger partial charge in [0.2, 0.25) is 0 Å². The number of ether oxygens (including phenoxy) is 1. The van der Waals surface area contributed by atoms with Gasteiger partial charge in [-0.3, -0.25) is 9.59 Å². The van der Waals surface area contributed by atoms with Crippen molar-refractivity contribution < 1.29 is 27.5 Å². The van der Waals surface area contributed by atoms with Gasteiger partial charge in [-0.2, -0.15) is 13.2 Å². The molecule has 0 spiro atoms. The van der Waals surface area contributed by atoms with Crippen molar-refractivity contribution in [1.82, 2.24) is 0 Å². The van der Waals surface area contributed by atoms with Crippen molar-refractivity contribution in [2.75, 3.05) is 0 Å². The molecule has 1 unspecified atom stereocenters. The first kappa shape index (κ1) is 9.82. The summed E-state index contributed by atoms with van der Waals surface area (Å²) >= 11 is 0. The summed E-state index contributed by atoms with van der Waals surface area (Å²) in [6.07, 6.45) is -6.11. The van der Waals surface area contributed by atoms with Crippen molar-refractivity contribution in [3.8, 4) is 0 Å². The van der Waals surface area contributed by atoms with E-state index in [0.717, 1.165) is 0 Å². The Kier molecular flexibility index (Phi) is 1.97. The van der Waals surface area contributed by atoms with Crippen LogP contribution in [0.2, 0.25) is 0 Å². The maximum Gasteiger partial charge on any atom is 0.437 e. The van der Waals surface area contributed by atoms with Crippen LogP contribution in [0, 0.1) is 0 Å². The SMILES string of the molecule is NC(=O)C1(C(F)(F)F)CCC(=O)O1. The third kappa shape index (κ3) is 1.34. The Labute approximate surface area is 70.8 Å². The van der Waals surface area contributed by atoms with E-state index in [1.807, 2.05) is 0 Å². The van der Waals surface area contributed by atoms with Gasteiger partial charge in [-0.15, -0.1) is 0 Å². The molecule has 0 aromatic heterocycles. The molecule has 1 amide bonds.